The quantitative estimate of drug-likeness (QED) is 0.729. The molecule has 7 heteroatoms. The Kier molecular flexibility index (Phi) is 6.55. The van der Waals surface area contributed by atoms with Crippen molar-refractivity contribution in [3.63, 3.8) is 0 Å². The number of sulfonamides is 1. The molecule has 6 nitrogen and oxygen atoms in total. The maximum absolute atomic E-state index is 12.1. The molecule has 0 heterocycles. The summed E-state index contributed by atoms with van der Waals surface area (Å²) in [7, 11) is -3.75. The van der Waals surface area contributed by atoms with Crippen LogP contribution in [0.25, 0.3) is 0 Å². The first-order valence-corrected chi connectivity index (χ1v) is 9.33. The van der Waals surface area contributed by atoms with Gasteiger partial charge in [-0.1, -0.05) is 35.9 Å². The number of para-hydroxylation sites is 1. The van der Waals surface area contributed by atoms with Crippen molar-refractivity contribution in [3.8, 4) is 5.75 Å². The number of ether oxygens (including phenoxy) is 2. The van der Waals surface area contributed by atoms with Crippen LogP contribution in [0.5, 0.6) is 5.75 Å². The molecule has 0 aliphatic heterocycles. The molecule has 0 aliphatic rings. The summed E-state index contributed by atoms with van der Waals surface area (Å²) in [5.41, 5.74) is 1.67. The second kappa shape index (κ2) is 8.64. The van der Waals surface area contributed by atoms with Crippen molar-refractivity contribution in [1.82, 2.24) is 4.72 Å². The third-order valence-electron chi connectivity index (χ3n) is 3.40. The van der Waals surface area contributed by atoms with E-state index in [4.69, 9.17) is 9.47 Å². The van der Waals surface area contributed by atoms with Crippen molar-refractivity contribution in [3.05, 3.63) is 59.7 Å². The number of hydrogen-bond acceptors (Lipinski definition) is 5. The smallest absolute Gasteiger partial charge is 0.321 e. The van der Waals surface area contributed by atoms with Gasteiger partial charge >= 0.3 is 5.97 Å². The van der Waals surface area contributed by atoms with E-state index in [1.54, 1.807) is 24.3 Å². The summed E-state index contributed by atoms with van der Waals surface area (Å²) in [5, 5.41) is 0. The molecule has 0 amide bonds. The van der Waals surface area contributed by atoms with Crippen LogP contribution in [0.2, 0.25) is 0 Å². The van der Waals surface area contributed by atoms with Gasteiger partial charge in [-0.25, -0.2) is 8.42 Å². The van der Waals surface area contributed by atoms with Gasteiger partial charge in [-0.3, -0.25) is 4.79 Å². The molecule has 2 rings (SSSR count). The zero-order valence-electron chi connectivity index (χ0n) is 14.2. The fraction of sp³-hybridized carbons (Fsp3) is 0.278. The number of carbonyl (C=O) groups excluding carboxylic acids is 1. The molecule has 0 unspecified atom stereocenters. The van der Waals surface area contributed by atoms with Crippen molar-refractivity contribution >= 4 is 16.0 Å². The van der Waals surface area contributed by atoms with Crippen molar-refractivity contribution in [2.45, 2.75) is 25.3 Å². The highest BCUT2D eigenvalue weighted by Crippen LogP contribution is 2.18. The van der Waals surface area contributed by atoms with Crippen molar-refractivity contribution < 1.29 is 22.7 Å². The Morgan fingerprint density at radius 2 is 1.76 bits per heavy atom. The first kappa shape index (κ1) is 19.0. The first-order valence-electron chi connectivity index (χ1n) is 7.85. The predicted molar refractivity (Wildman–Crippen MR) is 93.8 cm³/mol. The lowest BCUT2D eigenvalue weighted by Gasteiger charge is -2.11. The van der Waals surface area contributed by atoms with Crippen LogP contribution >= 0.6 is 0 Å². The summed E-state index contributed by atoms with van der Waals surface area (Å²) in [6, 6.07) is 13.6. The van der Waals surface area contributed by atoms with E-state index in [1.807, 2.05) is 26.0 Å². The maximum Gasteiger partial charge on any atom is 0.321 e. The molecule has 0 radical (unpaired) electrons. The summed E-state index contributed by atoms with van der Waals surface area (Å²) in [5.74, 6) is -0.0278. The molecular formula is C18H21NO5S. The van der Waals surface area contributed by atoms with Gasteiger partial charge in [0.05, 0.1) is 11.5 Å². The minimum absolute atomic E-state index is 0.0151. The average molecular weight is 363 g/mol. The Bertz CT molecular complexity index is 816. The van der Waals surface area contributed by atoms with Gasteiger partial charge in [-0.2, -0.15) is 4.72 Å². The molecule has 1 N–H and O–H groups in total. The van der Waals surface area contributed by atoms with E-state index in [1.165, 1.54) is 12.1 Å². The van der Waals surface area contributed by atoms with Gasteiger partial charge in [0, 0.05) is 5.56 Å². The van der Waals surface area contributed by atoms with Crippen molar-refractivity contribution in [1.29, 1.82) is 0 Å². The molecule has 2 aromatic rings. The number of hydrogen-bond donors (Lipinski definition) is 1. The Labute approximate surface area is 147 Å². The second-order valence-corrected chi connectivity index (χ2v) is 7.11. The minimum Gasteiger partial charge on any atom is -0.493 e. The third kappa shape index (κ3) is 5.58. The lowest BCUT2D eigenvalue weighted by atomic mass is 10.2. The van der Waals surface area contributed by atoms with Gasteiger partial charge in [0.2, 0.25) is 10.0 Å². The van der Waals surface area contributed by atoms with Gasteiger partial charge in [0.25, 0.3) is 0 Å². The molecular weight excluding hydrogens is 342 g/mol. The molecule has 25 heavy (non-hydrogen) atoms. The van der Waals surface area contributed by atoms with Crippen LogP contribution < -0.4 is 9.46 Å². The molecule has 134 valence electrons. The molecule has 0 saturated carbocycles. The van der Waals surface area contributed by atoms with Crippen LogP contribution in [-0.4, -0.2) is 27.5 Å². The normalized spacial score (nSPS) is 11.1. The topological polar surface area (TPSA) is 81.7 Å². The summed E-state index contributed by atoms with van der Waals surface area (Å²) >= 11 is 0. The largest absolute Gasteiger partial charge is 0.493 e. The Morgan fingerprint density at radius 3 is 2.44 bits per heavy atom. The summed E-state index contributed by atoms with van der Waals surface area (Å²) in [6.45, 7) is 3.81. The van der Waals surface area contributed by atoms with E-state index in [9.17, 15) is 13.2 Å². The van der Waals surface area contributed by atoms with Gasteiger partial charge in [0.1, 0.15) is 18.9 Å². The van der Waals surface area contributed by atoms with Gasteiger partial charge < -0.3 is 9.47 Å². The van der Waals surface area contributed by atoms with Crippen molar-refractivity contribution in [2.75, 3.05) is 13.2 Å². The van der Waals surface area contributed by atoms with Crippen molar-refractivity contribution in [2.24, 2.45) is 0 Å². The maximum atomic E-state index is 12.1. The Hall–Kier alpha value is -2.38. The number of aryl methyl sites for hydroxylation is 1. The number of esters is 1. The van der Waals surface area contributed by atoms with E-state index in [0.29, 0.717) is 12.4 Å². The summed E-state index contributed by atoms with van der Waals surface area (Å²) in [6.07, 6.45) is 0. The second-order valence-electron chi connectivity index (χ2n) is 5.34. The lowest BCUT2D eigenvalue weighted by molar-refractivity contribution is -0.143. The lowest BCUT2D eigenvalue weighted by Crippen LogP contribution is -2.30. The predicted octanol–water partition coefficient (Wildman–Crippen LogP) is 2.42. The Balaban J connectivity index is 1.89. The minimum atomic E-state index is -3.75. The number of nitrogens with one attached hydrogen (secondary N) is 1. The first-order chi connectivity index (χ1) is 11.9. The number of carbonyl (C=O) groups is 1. The van der Waals surface area contributed by atoms with E-state index in [-0.39, 0.29) is 11.5 Å². The van der Waals surface area contributed by atoms with Crippen LogP contribution in [-0.2, 0) is 26.2 Å². The highest BCUT2D eigenvalue weighted by Gasteiger charge is 2.16. The molecule has 0 aliphatic carbocycles. The molecule has 0 bridgehead atoms. The zero-order chi connectivity index (χ0) is 18.3. The van der Waals surface area contributed by atoms with Crippen LogP contribution in [0.1, 0.15) is 18.1 Å². The summed E-state index contributed by atoms with van der Waals surface area (Å²) in [4.78, 5) is 11.9. The zero-order valence-corrected chi connectivity index (χ0v) is 15.0. The molecule has 0 saturated heterocycles. The fourth-order valence-corrected chi connectivity index (χ4v) is 3.05. The standard InChI is InChI=1S/C18H21NO5S/c1-3-23-17-7-5-4-6-15(17)13-24-18(20)12-19-25(21,22)16-10-8-14(2)9-11-16/h4-11,19H,3,12-13H2,1-2H3. The third-order valence-corrected chi connectivity index (χ3v) is 4.82. The van der Waals surface area contributed by atoms with Gasteiger partial charge in [0.15, 0.2) is 0 Å². The van der Waals surface area contributed by atoms with Crippen LogP contribution in [0.15, 0.2) is 53.4 Å². The highest BCUT2D eigenvalue weighted by atomic mass is 32.2. The molecule has 0 fully saturated rings. The molecule has 0 atom stereocenters. The van der Waals surface area contributed by atoms with Gasteiger partial charge in [-0.05, 0) is 32.0 Å². The van der Waals surface area contributed by atoms with Gasteiger partial charge in [-0.15, -0.1) is 0 Å². The van der Waals surface area contributed by atoms with E-state index >= 15 is 0 Å². The summed E-state index contributed by atoms with van der Waals surface area (Å²) < 4.78 is 37.0. The monoisotopic (exact) mass is 363 g/mol. The van der Waals surface area contributed by atoms with Crippen LogP contribution in [0.4, 0.5) is 0 Å². The fourth-order valence-electron chi connectivity index (χ4n) is 2.08. The van der Waals surface area contributed by atoms with E-state index in [2.05, 4.69) is 4.72 Å². The SMILES string of the molecule is CCOc1ccccc1COC(=O)CNS(=O)(=O)c1ccc(C)cc1. The average Bonchev–Trinajstić information content (AvgIpc) is 2.60. The highest BCUT2D eigenvalue weighted by molar-refractivity contribution is 7.89. The molecule has 2 aromatic carbocycles. The molecule has 0 aromatic heterocycles. The number of benzene rings is 2. The van der Waals surface area contributed by atoms with Crippen LogP contribution in [0, 0.1) is 6.92 Å². The number of rotatable bonds is 8. The Morgan fingerprint density at radius 1 is 1.08 bits per heavy atom. The van der Waals surface area contributed by atoms with E-state index in [0.717, 1.165) is 11.1 Å². The molecule has 0 spiro atoms. The van der Waals surface area contributed by atoms with E-state index < -0.39 is 22.5 Å². The van der Waals surface area contributed by atoms with Crippen LogP contribution in [0.3, 0.4) is 0 Å².